The molecule has 0 aliphatic rings. The second-order valence-electron chi connectivity index (χ2n) is 4.93. The molecular formula is C16H23N3O2. The fourth-order valence-electron chi connectivity index (χ4n) is 2.05. The average Bonchev–Trinajstić information content (AvgIpc) is 2.91. The van der Waals surface area contributed by atoms with Crippen molar-refractivity contribution in [1.82, 2.24) is 15.1 Å². The summed E-state index contributed by atoms with van der Waals surface area (Å²) in [5.41, 5.74) is 2.08. The number of benzene rings is 1. The molecule has 0 spiro atoms. The first-order chi connectivity index (χ1) is 10.2. The molecule has 0 aliphatic carbocycles. The number of rotatable bonds is 8. The molecule has 0 atom stereocenters. The molecule has 1 aromatic heterocycles. The number of aryl methyl sites for hydroxylation is 1. The van der Waals surface area contributed by atoms with E-state index in [0.29, 0.717) is 6.61 Å². The second-order valence-corrected chi connectivity index (χ2v) is 4.93. The Labute approximate surface area is 125 Å². The lowest BCUT2D eigenvalue weighted by atomic mass is 10.2. The maximum Gasteiger partial charge on any atom is 0.162 e. The van der Waals surface area contributed by atoms with Gasteiger partial charge in [0.1, 0.15) is 6.61 Å². The van der Waals surface area contributed by atoms with Gasteiger partial charge >= 0.3 is 0 Å². The number of nitrogens with zero attached hydrogens (tertiary/aromatic N) is 2. The van der Waals surface area contributed by atoms with Gasteiger partial charge in [-0.25, -0.2) is 0 Å². The highest BCUT2D eigenvalue weighted by atomic mass is 16.5. The molecule has 1 N–H and O–H groups in total. The first-order valence-electron chi connectivity index (χ1n) is 7.22. The first-order valence-corrected chi connectivity index (χ1v) is 7.22. The van der Waals surface area contributed by atoms with Crippen LogP contribution in [-0.2, 0) is 20.2 Å². The lowest BCUT2D eigenvalue weighted by Gasteiger charge is -2.12. The molecule has 0 saturated heterocycles. The zero-order chi connectivity index (χ0) is 15.1. The van der Waals surface area contributed by atoms with E-state index >= 15 is 0 Å². The summed E-state index contributed by atoms with van der Waals surface area (Å²) in [5, 5.41) is 7.68. The van der Waals surface area contributed by atoms with Crippen molar-refractivity contribution >= 4 is 0 Å². The fraction of sp³-hybridized carbons (Fsp3) is 0.438. The van der Waals surface area contributed by atoms with E-state index in [1.165, 1.54) is 5.56 Å². The molecular weight excluding hydrogens is 266 g/mol. The van der Waals surface area contributed by atoms with Crippen molar-refractivity contribution in [2.75, 3.05) is 13.7 Å². The van der Waals surface area contributed by atoms with E-state index in [1.807, 2.05) is 31.4 Å². The second kappa shape index (κ2) is 7.69. The van der Waals surface area contributed by atoms with Crippen LogP contribution in [0, 0.1) is 0 Å². The van der Waals surface area contributed by atoms with Gasteiger partial charge in [0.2, 0.25) is 0 Å². The lowest BCUT2D eigenvalue weighted by molar-refractivity contribution is 0.279. The standard InChI is InChI=1S/C16H23N3O2/c1-4-8-17-11-13-5-6-15(20-3)16(10-13)21-12-14-7-9-19(2)18-14/h5-7,9-10,17H,4,8,11-12H2,1-3H3. The van der Waals surface area contributed by atoms with Crippen LogP contribution in [0.3, 0.4) is 0 Å². The van der Waals surface area contributed by atoms with Crippen LogP contribution >= 0.6 is 0 Å². The Morgan fingerprint density at radius 2 is 2.10 bits per heavy atom. The number of ether oxygens (including phenoxy) is 2. The summed E-state index contributed by atoms with van der Waals surface area (Å²) in [4.78, 5) is 0. The van der Waals surface area contributed by atoms with Gasteiger partial charge in [-0.1, -0.05) is 13.0 Å². The third kappa shape index (κ3) is 4.49. The summed E-state index contributed by atoms with van der Waals surface area (Å²) in [5.74, 6) is 1.49. The van der Waals surface area contributed by atoms with Crippen LogP contribution in [0.5, 0.6) is 11.5 Å². The Hall–Kier alpha value is -2.01. The highest BCUT2D eigenvalue weighted by Crippen LogP contribution is 2.28. The Bertz CT molecular complexity index is 566. The van der Waals surface area contributed by atoms with Gasteiger partial charge in [-0.15, -0.1) is 0 Å². The van der Waals surface area contributed by atoms with Crippen LogP contribution in [0.2, 0.25) is 0 Å². The monoisotopic (exact) mass is 289 g/mol. The molecule has 0 aliphatic heterocycles. The van der Waals surface area contributed by atoms with E-state index in [0.717, 1.165) is 36.7 Å². The molecule has 114 valence electrons. The van der Waals surface area contributed by atoms with Gasteiger partial charge in [0.25, 0.3) is 0 Å². The molecule has 0 fully saturated rings. The van der Waals surface area contributed by atoms with Crippen molar-refractivity contribution in [1.29, 1.82) is 0 Å². The molecule has 0 radical (unpaired) electrons. The SMILES string of the molecule is CCCNCc1ccc(OC)c(OCc2ccn(C)n2)c1. The normalized spacial score (nSPS) is 10.6. The van der Waals surface area contributed by atoms with E-state index in [9.17, 15) is 0 Å². The predicted octanol–water partition coefficient (Wildman–Crippen LogP) is 2.51. The fourth-order valence-corrected chi connectivity index (χ4v) is 2.05. The molecule has 1 aromatic carbocycles. The van der Waals surface area contributed by atoms with Crippen molar-refractivity contribution in [3.8, 4) is 11.5 Å². The first kappa shape index (κ1) is 15.4. The summed E-state index contributed by atoms with van der Waals surface area (Å²) < 4.78 is 13.0. The molecule has 1 heterocycles. The van der Waals surface area contributed by atoms with Gasteiger partial charge < -0.3 is 14.8 Å². The van der Waals surface area contributed by atoms with Crippen LogP contribution in [-0.4, -0.2) is 23.4 Å². The van der Waals surface area contributed by atoms with Gasteiger partial charge in [0.15, 0.2) is 11.5 Å². The van der Waals surface area contributed by atoms with Gasteiger partial charge in [-0.3, -0.25) is 4.68 Å². The van der Waals surface area contributed by atoms with Crippen LogP contribution in [0.1, 0.15) is 24.6 Å². The number of hydrogen-bond acceptors (Lipinski definition) is 4. The Balaban J connectivity index is 2.02. The number of aromatic nitrogens is 2. The third-order valence-corrected chi connectivity index (χ3v) is 3.13. The molecule has 0 bridgehead atoms. The lowest BCUT2D eigenvalue weighted by Crippen LogP contribution is -2.13. The molecule has 0 unspecified atom stereocenters. The molecule has 2 rings (SSSR count). The highest BCUT2D eigenvalue weighted by Gasteiger charge is 2.07. The maximum absolute atomic E-state index is 5.85. The van der Waals surface area contributed by atoms with E-state index in [1.54, 1.807) is 11.8 Å². The van der Waals surface area contributed by atoms with Crippen molar-refractivity contribution < 1.29 is 9.47 Å². The quantitative estimate of drug-likeness (QED) is 0.759. The molecule has 5 heteroatoms. The zero-order valence-corrected chi connectivity index (χ0v) is 12.9. The highest BCUT2D eigenvalue weighted by molar-refractivity contribution is 5.43. The number of hydrogen-bond donors (Lipinski definition) is 1. The minimum absolute atomic E-state index is 0.434. The van der Waals surface area contributed by atoms with Gasteiger partial charge in [-0.2, -0.15) is 5.10 Å². The molecule has 5 nitrogen and oxygen atoms in total. The minimum Gasteiger partial charge on any atom is -0.493 e. The summed E-state index contributed by atoms with van der Waals surface area (Å²) >= 11 is 0. The van der Waals surface area contributed by atoms with Crippen LogP contribution < -0.4 is 14.8 Å². The topological polar surface area (TPSA) is 48.3 Å². The molecule has 0 amide bonds. The summed E-state index contributed by atoms with van der Waals surface area (Å²) in [6.07, 6.45) is 3.03. The van der Waals surface area contributed by atoms with Crippen LogP contribution in [0.25, 0.3) is 0 Å². The largest absolute Gasteiger partial charge is 0.493 e. The smallest absolute Gasteiger partial charge is 0.162 e. The summed E-state index contributed by atoms with van der Waals surface area (Å²) in [7, 11) is 3.54. The minimum atomic E-state index is 0.434. The predicted molar refractivity (Wildman–Crippen MR) is 82.5 cm³/mol. The van der Waals surface area contributed by atoms with Crippen LogP contribution in [0.4, 0.5) is 0 Å². The van der Waals surface area contributed by atoms with E-state index < -0.39 is 0 Å². The number of nitrogens with one attached hydrogen (secondary N) is 1. The van der Waals surface area contributed by atoms with E-state index in [2.05, 4.69) is 23.4 Å². The van der Waals surface area contributed by atoms with Crippen molar-refractivity contribution in [2.24, 2.45) is 7.05 Å². The Morgan fingerprint density at radius 3 is 2.76 bits per heavy atom. The average molecular weight is 289 g/mol. The third-order valence-electron chi connectivity index (χ3n) is 3.13. The summed E-state index contributed by atoms with van der Waals surface area (Å²) in [6, 6.07) is 7.95. The molecule has 2 aromatic rings. The molecule has 21 heavy (non-hydrogen) atoms. The maximum atomic E-state index is 5.85. The number of methoxy groups -OCH3 is 1. The zero-order valence-electron chi connectivity index (χ0n) is 12.9. The molecule has 0 saturated carbocycles. The van der Waals surface area contributed by atoms with Crippen molar-refractivity contribution in [3.63, 3.8) is 0 Å². The van der Waals surface area contributed by atoms with Gasteiger partial charge in [-0.05, 0) is 36.7 Å². The summed E-state index contributed by atoms with van der Waals surface area (Å²) in [6.45, 7) is 4.43. The van der Waals surface area contributed by atoms with Gasteiger partial charge in [0, 0.05) is 19.8 Å². The van der Waals surface area contributed by atoms with Crippen molar-refractivity contribution in [3.05, 3.63) is 41.7 Å². The van der Waals surface area contributed by atoms with E-state index in [4.69, 9.17) is 9.47 Å². The Morgan fingerprint density at radius 1 is 1.24 bits per heavy atom. The van der Waals surface area contributed by atoms with Gasteiger partial charge in [0.05, 0.1) is 12.8 Å². The Kier molecular flexibility index (Phi) is 5.63. The van der Waals surface area contributed by atoms with E-state index in [-0.39, 0.29) is 0 Å². The van der Waals surface area contributed by atoms with Crippen molar-refractivity contribution in [2.45, 2.75) is 26.5 Å². The van der Waals surface area contributed by atoms with Crippen LogP contribution in [0.15, 0.2) is 30.5 Å².